The van der Waals surface area contributed by atoms with Crippen molar-refractivity contribution in [3.8, 4) is 6.07 Å². The van der Waals surface area contributed by atoms with E-state index in [-0.39, 0.29) is 106 Å². The first kappa shape index (κ1) is 20.5. The van der Waals surface area contributed by atoms with Gasteiger partial charge in [-0.2, -0.15) is 5.26 Å². The van der Waals surface area contributed by atoms with E-state index in [9.17, 15) is 9.36 Å². The van der Waals surface area contributed by atoms with Crippen LogP contribution >= 0.6 is 7.82 Å². The van der Waals surface area contributed by atoms with E-state index in [1.54, 1.807) is 0 Å². The molecule has 6 nitrogen and oxygen atoms in total. The summed E-state index contributed by atoms with van der Waals surface area (Å²) in [4.78, 5) is 26.5. The van der Waals surface area contributed by atoms with Crippen LogP contribution in [-0.2, 0) is 13.9 Å². The van der Waals surface area contributed by atoms with E-state index >= 15 is 0 Å². The molecule has 0 saturated carbocycles. The van der Waals surface area contributed by atoms with Crippen LogP contribution in [0.4, 0.5) is 0 Å². The third-order valence-electron chi connectivity index (χ3n) is 0.583. The summed E-state index contributed by atoms with van der Waals surface area (Å²) in [5, 5.41) is 8.00. The van der Waals surface area contributed by atoms with Crippen molar-refractivity contribution in [2.75, 3.05) is 0 Å². The molecule has 0 spiro atoms. The molecule has 0 radical (unpaired) electrons. The molecule has 0 aliphatic heterocycles. The fourth-order valence-corrected chi connectivity index (χ4v) is 0.535. The van der Waals surface area contributed by atoms with Crippen molar-refractivity contribution >= 4 is 13.8 Å². The second kappa shape index (κ2) is 9.36. The van der Waals surface area contributed by atoms with Crippen LogP contribution in [0.25, 0.3) is 0 Å². The van der Waals surface area contributed by atoms with Crippen molar-refractivity contribution in [3.63, 3.8) is 0 Å². The summed E-state index contributed by atoms with van der Waals surface area (Å²) >= 11 is 0. The summed E-state index contributed by atoms with van der Waals surface area (Å²) in [6.45, 7) is 2.88. The second-order valence-electron chi connectivity index (χ2n) is 1.46. The number of nitriles is 1. The van der Waals surface area contributed by atoms with Crippen molar-refractivity contribution in [1.29, 1.82) is 5.26 Å². The van der Waals surface area contributed by atoms with Crippen molar-refractivity contribution in [1.82, 2.24) is 0 Å². The first-order valence-corrected chi connectivity index (χ1v) is 3.78. The molecule has 0 aromatic heterocycles. The topological polar surface area (TPSA) is 108 Å². The van der Waals surface area contributed by atoms with Crippen LogP contribution in [0.1, 0.15) is 2.85 Å². The molecule has 2 N–H and O–H groups in total. The first-order valence-electron chi connectivity index (χ1n) is 2.25. The van der Waals surface area contributed by atoms with Crippen molar-refractivity contribution < 1.29 is 129 Å². The van der Waals surface area contributed by atoms with E-state index in [0.717, 1.165) is 0 Å². The molecule has 13 heavy (non-hydrogen) atoms. The van der Waals surface area contributed by atoms with Crippen LogP contribution in [0.3, 0.4) is 0 Å². The van der Waals surface area contributed by atoms with E-state index in [0.29, 0.717) is 0 Å². The molecule has 0 aromatic rings. The summed E-state index contributed by atoms with van der Waals surface area (Å²) < 4.78 is 13.5. The molecule has 0 atom stereocenters. The summed E-state index contributed by atoms with van der Waals surface area (Å²) in [5.41, 5.74) is -0.659. The second-order valence-corrected chi connectivity index (χ2v) is 2.62. The summed E-state index contributed by atoms with van der Waals surface area (Å²) in [6.07, 6.45) is 0. The number of rotatable bonds is 2. The summed E-state index contributed by atoms with van der Waals surface area (Å²) in [7, 11) is -4.85. The van der Waals surface area contributed by atoms with Crippen LogP contribution in [0.2, 0.25) is 0 Å². The molecule has 0 aromatic carbocycles. The Balaban J connectivity index is -0.0000000833. The van der Waals surface area contributed by atoms with Gasteiger partial charge in [0.2, 0.25) is 0 Å². The third kappa shape index (κ3) is 12.1. The van der Waals surface area contributed by atoms with Crippen molar-refractivity contribution in [2.24, 2.45) is 0 Å². The molecular weight excluding hydrogens is 251 g/mol. The van der Waals surface area contributed by atoms with Gasteiger partial charge in [0.15, 0.2) is 0 Å². The van der Waals surface area contributed by atoms with Crippen LogP contribution in [0.5, 0.6) is 0 Å². The van der Waals surface area contributed by atoms with Gasteiger partial charge >= 0.3 is 117 Å². The Morgan fingerprint density at radius 1 is 1.54 bits per heavy atom. The molecule has 0 aliphatic rings. The van der Waals surface area contributed by atoms with E-state index < -0.39 is 19.4 Å². The van der Waals surface area contributed by atoms with Gasteiger partial charge in [-0.1, -0.05) is 6.58 Å². The van der Waals surface area contributed by atoms with Crippen LogP contribution in [0.15, 0.2) is 12.2 Å². The van der Waals surface area contributed by atoms with Crippen molar-refractivity contribution in [2.45, 2.75) is 0 Å². The average Bonchev–Trinajstić information content (AvgIpc) is 1.82. The Bertz CT molecular complexity index is 287. The van der Waals surface area contributed by atoms with Crippen molar-refractivity contribution in [3.05, 3.63) is 12.2 Å². The molecule has 0 bridgehead atoms. The number of hydrogen-bond donors (Lipinski definition) is 2. The summed E-state index contributed by atoms with van der Waals surface area (Å²) in [5.74, 6) is -1.42. The Hall–Kier alpha value is 2.12. The maximum atomic E-state index is 10.4. The van der Waals surface area contributed by atoms with Crippen LogP contribution in [0, 0.1) is 11.3 Å². The zero-order valence-corrected chi connectivity index (χ0v) is 14.4. The first-order chi connectivity index (χ1) is 4.87. The van der Waals surface area contributed by atoms with Gasteiger partial charge in [-0.15, -0.1) is 0 Å². The largest absolute Gasteiger partial charge is 1.00 e. The Kier molecular flexibility index (Phi) is 14.8. The van der Waals surface area contributed by atoms with Crippen LogP contribution in [-0.4, -0.2) is 15.8 Å². The van der Waals surface area contributed by atoms with Gasteiger partial charge in [0.1, 0.15) is 11.6 Å². The molecule has 0 aliphatic carbocycles. The van der Waals surface area contributed by atoms with Crippen LogP contribution < -0.4 is 103 Å². The maximum absolute atomic E-state index is 10.4. The van der Waals surface area contributed by atoms with Gasteiger partial charge < -0.3 is 7.38 Å². The molecule has 0 rings (SSSR count). The number of carbonyl (C=O) groups excluding carboxylic acids is 1. The van der Waals surface area contributed by atoms with Gasteiger partial charge in [-0.3, -0.25) is 9.79 Å². The zero-order valence-electron chi connectivity index (χ0n) is 9.22. The Labute approximate surface area is 163 Å². The number of phosphoric acid groups is 1. The third-order valence-corrected chi connectivity index (χ3v) is 0.987. The van der Waals surface area contributed by atoms with Gasteiger partial charge in [0.05, 0.1) is 0 Å². The molecule has 0 saturated heterocycles. The number of nitrogens with zero attached hydrogens (tertiary/aromatic N) is 1. The molecule has 9 heteroatoms. The van der Waals surface area contributed by atoms with Gasteiger partial charge in [-0.05, 0) is 0 Å². The Morgan fingerprint density at radius 2 is 1.92 bits per heavy atom. The number of hydrogen-bond acceptors (Lipinski definition) is 4. The maximum Gasteiger partial charge on any atom is 1.00 e. The minimum atomic E-state index is -4.85. The SMILES string of the molecule is C=C(C#N)C(=O)OP(=O)(O)O.[H-].[H-].[K+].[K+]. The smallest absolute Gasteiger partial charge is 1.00 e. The quantitative estimate of drug-likeness (QED) is 0.221. The fraction of sp³-hybridized carbons (Fsp3) is 0. The normalized spacial score (nSPS) is 8.38. The molecule has 0 heterocycles. The number of carbonyl (C=O) groups is 1. The van der Waals surface area contributed by atoms with E-state index in [1.807, 2.05) is 0 Å². The minimum Gasteiger partial charge on any atom is -1.00 e. The van der Waals surface area contributed by atoms with E-state index in [1.165, 1.54) is 6.07 Å². The molecule has 0 unspecified atom stereocenters. The fourth-order valence-electron chi connectivity index (χ4n) is 0.209. The average molecular weight is 257 g/mol. The molecular formula is C4H6K2NO5P. The predicted octanol–water partition coefficient (Wildman–Crippen LogP) is -6.06. The molecule has 0 amide bonds. The minimum absolute atomic E-state index is 0. The van der Waals surface area contributed by atoms with Gasteiger partial charge in [0, 0.05) is 0 Å². The molecule has 0 fully saturated rings. The number of phosphoric ester groups is 1. The molecule has 64 valence electrons. The van der Waals surface area contributed by atoms with E-state index in [2.05, 4.69) is 11.1 Å². The van der Waals surface area contributed by atoms with E-state index in [4.69, 9.17) is 15.0 Å². The summed E-state index contributed by atoms with van der Waals surface area (Å²) in [6, 6.07) is 1.27. The zero-order chi connectivity index (χ0) is 9.07. The Morgan fingerprint density at radius 3 is 2.15 bits per heavy atom. The standard InChI is InChI=1S/C4H4NO5P.2K.2H/c1-3(2-5)4(6)10-11(7,8)9;;;;/h1H2,(H2,7,8,9);;;;/q;2*+1;2*-1. The van der Waals surface area contributed by atoms with Gasteiger partial charge in [-0.25, -0.2) is 9.36 Å². The predicted molar refractivity (Wildman–Crippen MR) is 35.1 cm³/mol. The monoisotopic (exact) mass is 257 g/mol. The van der Waals surface area contributed by atoms with Gasteiger partial charge in [0.25, 0.3) is 0 Å².